The summed E-state index contributed by atoms with van der Waals surface area (Å²) in [5.41, 5.74) is 0. The molecule has 3 N–H and O–H groups in total. The summed E-state index contributed by atoms with van der Waals surface area (Å²) < 4.78 is 0. The number of guanidine groups is 1. The summed E-state index contributed by atoms with van der Waals surface area (Å²) in [7, 11) is 0. The lowest BCUT2D eigenvalue weighted by molar-refractivity contribution is -0.122. The Balaban J connectivity index is 0.00000261. The molecule has 6 nitrogen and oxygen atoms in total. The number of likely N-dealkylation sites (tertiary alicyclic amines) is 1. The molecule has 1 saturated heterocycles. The topological polar surface area (TPSA) is 68.8 Å². The zero-order valence-electron chi connectivity index (χ0n) is 16.1. The Bertz CT molecular complexity index is 585. The molecule has 0 bridgehead atoms. The van der Waals surface area contributed by atoms with E-state index in [0.717, 1.165) is 45.0 Å². The molecule has 0 aromatic carbocycles. The van der Waals surface area contributed by atoms with Gasteiger partial charge in [0.25, 0.3) is 0 Å². The molecule has 2 heterocycles. The van der Waals surface area contributed by atoms with E-state index in [1.54, 1.807) is 0 Å². The van der Waals surface area contributed by atoms with Gasteiger partial charge in [-0.25, -0.2) is 0 Å². The van der Waals surface area contributed by atoms with Crippen LogP contribution < -0.4 is 16.0 Å². The maximum atomic E-state index is 11.7. The first kappa shape index (κ1) is 22.4. The van der Waals surface area contributed by atoms with Crippen LogP contribution in [0.15, 0.2) is 22.5 Å². The molecule has 1 unspecified atom stereocenters. The molecule has 0 radical (unpaired) electrons. The number of thiophene rings is 1. The second-order valence-electron chi connectivity index (χ2n) is 6.99. The van der Waals surface area contributed by atoms with Crippen molar-refractivity contribution in [1.29, 1.82) is 0 Å². The molecular formula is C19H32IN5OS. The van der Waals surface area contributed by atoms with Crippen LogP contribution in [-0.2, 0) is 4.79 Å². The standard InChI is InChI=1S/C19H31N5OS.HI/c1-2-20-19(22-10-9-21-18(25)15-7-8-15)23-14-16(17-6-5-13-26-17)24-11-3-4-12-24;/h5-6,13,15-16H,2-4,7-12,14H2,1H3,(H,21,25)(H2,20,22,23);1H. The number of nitrogens with one attached hydrogen (secondary N) is 3. The van der Waals surface area contributed by atoms with Crippen molar-refractivity contribution in [2.24, 2.45) is 10.9 Å². The Morgan fingerprint density at radius 2 is 2.00 bits per heavy atom. The molecule has 0 spiro atoms. The quantitative estimate of drug-likeness (QED) is 0.209. The maximum absolute atomic E-state index is 11.7. The van der Waals surface area contributed by atoms with Gasteiger partial charge in [-0.1, -0.05) is 6.07 Å². The maximum Gasteiger partial charge on any atom is 0.223 e. The Morgan fingerprint density at radius 3 is 2.63 bits per heavy atom. The van der Waals surface area contributed by atoms with Crippen LogP contribution in [0.3, 0.4) is 0 Å². The molecule has 1 aromatic rings. The third-order valence-electron chi connectivity index (χ3n) is 4.88. The van der Waals surface area contributed by atoms with Crippen molar-refractivity contribution in [3.63, 3.8) is 0 Å². The van der Waals surface area contributed by atoms with Crippen LogP contribution in [0.5, 0.6) is 0 Å². The predicted molar refractivity (Wildman–Crippen MR) is 123 cm³/mol. The minimum atomic E-state index is 0. The number of amides is 1. The highest BCUT2D eigenvalue weighted by Gasteiger charge is 2.29. The van der Waals surface area contributed by atoms with Crippen molar-refractivity contribution in [3.05, 3.63) is 22.4 Å². The van der Waals surface area contributed by atoms with Gasteiger partial charge in [0.1, 0.15) is 0 Å². The predicted octanol–water partition coefficient (Wildman–Crippen LogP) is 2.58. The normalized spacial score (nSPS) is 18.6. The van der Waals surface area contributed by atoms with Crippen LogP contribution in [0.1, 0.15) is 43.5 Å². The summed E-state index contributed by atoms with van der Waals surface area (Å²) in [6.45, 7) is 7.31. The molecule has 2 fully saturated rings. The summed E-state index contributed by atoms with van der Waals surface area (Å²) >= 11 is 1.82. The molecule has 152 valence electrons. The smallest absolute Gasteiger partial charge is 0.223 e. The summed E-state index contributed by atoms with van der Waals surface area (Å²) in [6.07, 6.45) is 4.66. The van der Waals surface area contributed by atoms with Gasteiger partial charge in [0, 0.05) is 30.4 Å². The molecule has 1 atom stereocenters. The van der Waals surface area contributed by atoms with E-state index in [1.165, 1.54) is 17.7 Å². The van der Waals surface area contributed by atoms with E-state index < -0.39 is 0 Å². The van der Waals surface area contributed by atoms with E-state index in [-0.39, 0.29) is 35.8 Å². The van der Waals surface area contributed by atoms with Crippen LogP contribution in [0.25, 0.3) is 0 Å². The van der Waals surface area contributed by atoms with Crippen molar-refractivity contribution in [2.75, 3.05) is 39.3 Å². The minimum Gasteiger partial charge on any atom is -0.357 e. The summed E-state index contributed by atoms with van der Waals surface area (Å²) in [5, 5.41) is 11.8. The van der Waals surface area contributed by atoms with Gasteiger partial charge < -0.3 is 16.0 Å². The highest BCUT2D eigenvalue weighted by molar-refractivity contribution is 14.0. The zero-order chi connectivity index (χ0) is 18.2. The molecular weight excluding hydrogens is 473 g/mol. The van der Waals surface area contributed by atoms with Crippen LogP contribution in [0.4, 0.5) is 0 Å². The number of carbonyl (C=O) groups excluding carboxylic acids is 1. The molecule has 1 aliphatic heterocycles. The van der Waals surface area contributed by atoms with Crippen molar-refractivity contribution in [2.45, 2.75) is 38.6 Å². The van der Waals surface area contributed by atoms with E-state index in [4.69, 9.17) is 4.99 Å². The fraction of sp³-hybridized carbons (Fsp3) is 0.684. The Hall–Kier alpha value is -0.870. The van der Waals surface area contributed by atoms with Crippen LogP contribution in [0, 0.1) is 5.92 Å². The monoisotopic (exact) mass is 505 g/mol. The summed E-state index contributed by atoms with van der Waals surface area (Å²) in [4.78, 5) is 20.4. The number of halogens is 1. The van der Waals surface area contributed by atoms with E-state index in [2.05, 4.69) is 45.3 Å². The molecule has 1 amide bonds. The number of aliphatic imine (C=N–C) groups is 1. The van der Waals surface area contributed by atoms with Crippen LogP contribution in [0.2, 0.25) is 0 Å². The van der Waals surface area contributed by atoms with Gasteiger partial charge in [-0.2, -0.15) is 0 Å². The first-order chi connectivity index (χ1) is 12.8. The van der Waals surface area contributed by atoms with Gasteiger partial charge >= 0.3 is 0 Å². The van der Waals surface area contributed by atoms with E-state index in [1.807, 2.05) is 11.3 Å². The highest BCUT2D eigenvalue weighted by Crippen LogP contribution is 2.29. The Kier molecular flexibility index (Phi) is 9.84. The summed E-state index contributed by atoms with van der Waals surface area (Å²) in [6, 6.07) is 4.71. The number of nitrogens with zero attached hydrogens (tertiary/aromatic N) is 2. The number of rotatable bonds is 9. The zero-order valence-corrected chi connectivity index (χ0v) is 19.2. The number of carbonyl (C=O) groups is 1. The van der Waals surface area contributed by atoms with Gasteiger partial charge in [0.2, 0.25) is 5.91 Å². The van der Waals surface area contributed by atoms with Crippen LogP contribution >= 0.6 is 35.3 Å². The first-order valence-electron chi connectivity index (χ1n) is 9.85. The third kappa shape index (κ3) is 7.23. The molecule has 2 aliphatic rings. The molecule has 27 heavy (non-hydrogen) atoms. The molecule has 1 saturated carbocycles. The molecule has 3 rings (SSSR count). The second-order valence-corrected chi connectivity index (χ2v) is 7.97. The Labute approximate surface area is 183 Å². The fourth-order valence-electron chi connectivity index (χ4n) is 3.30. The van der Waals surface area contributed by atoms with Gasteiger partial charge in [-0.15, -0.1) is 35.3 Å². The molecule has 1 aromatic heterocycles. The van der Waals surface area contributed by atoms with Crippen LogP contribution in [-0.4, -0.2) is 56.0 Å². The van der Waals surface area contributed by atoms with Crippen molar-refractivity contribution >= 4 is 47.2 Å². The molecule has 8 heteroatoms. The van der Waals surface area contributed by atoms with Gasteiger partial charge in [-0.3, -0.25) is 14.7 Å². The van der Waals surface area contributed by atoms with Crippen molar-refractivity contribution in [1.82, 2.24) is 20.9 Å². The number of hydrogen-bond acceptors (Lipinski definition) is 4. The van der Waals surface area contributed by atoms with Gasteiger partial charge in [-0.05, 0) is 57.1 Å². The Morgan fingerprint density at radius 1 is 1.26 bits per heavy atom. The van der Waals surface area contributed by atoms with E-state index in [0.29, 0.717) is 19.1 Å². The fourth-order valence-corrected chi connectivity index (χ4v) is 4.15. The lowest BCUT2D eigenvalue weighted by Gasteiger charge is -2.25. The van der Waals surface area contributed by atoms with Gasteiger partial charge in [0.05, 0.1) is 12.6 Å². The van der Waals surface area contributed by atoms with E-state index in [9.17, 15) is 4.79 Å². The molecule has 1 aliphatic carbocycles. The van der Waals surface area contributed by atoms with Gasteiger partial charge in [0.15, 0.2) is 5.96 Å². The lowest BCUT2D eigenvalue weighted by Crippen LogP contribution is -2.42. The highest BCUT2D eigenvalue weighted by atomic mass is 127. The lowest BCUT2D eigenvalue weighted by atomic mass is 10.2. The number of hydrogen-bond donors (Lipinski definition) is 3. The van der Waals surface area contributed by atoms with Crippen molar-refractivity contribution < 1.29 is 4.79 Å². The first-order valence-corrected chi connectivity index (χ1v) is 10.7. The second kappa shape index (κ2) is 11.9. The average Bonchev–Trinajstić information content (AvgIpc) is 3.11. The minimum absolute atomic E-state index is 0. The summed E-state index contributed by atoms with van der Waals surface area (Å²) in [5.74, 6) is 1.29. The third-order valence-corrected chi connectivity index (χ3v) is 5.86. The van der Waals surface area contributed by atoms with E-state index >= 15 is 0 Å². The SMILES string of the molecule is CCNC(=NCC(c1cccs1)N1CCCC1)NCCNC(=O)C1CC1.I. The largest absolute Gasteiger partial charge is 0.357 e. The average molecular weight is 505 g/mol. The van der Waals surface area contributed by atoms with Crippen molar-refractivity contribution in [3.8, 4) is 0 Å².